The number of rotatable bonds is 3. The molecule has 2 N–H and O–H groups in total. The Kier molecular flexibility index (Phi) is 5.37. The van der Waals surface area contributed by atoms with Crippen molar-refractivity contribution in [2.45, 2.75) is 52.0 Å². The summed E-state index contributed by atoms with van der Waals surface area (Å²) in [5, 5.41) is 5.59. The lowest BCUT2D eigenvalue weighted by Gasteiger charge is -2.29. The Bertz CT molecular complexity index is 513. The molecule has 21 heavy (non-hydrogen) atoms. The molecule has 1 fully saturated rings. The Hall–Kier alpha value is -1.84. The Labute approximate surface area is 126 Å². The van der Waals surface area contributed by atoms with E-state index >= 15 is 0 Å². The molecular formula is C17H24N2O2. The summed E-state index contributed by atoms with van der Waals surface area (Å²) in [5.74, 6) is -0.660. The van der Waals surface area contributed by atoms with Gasteiger partial charge in [-0.25, -0.2) is 0 Å². The molecule has 2 atom stereocenters. The van der Waals surface area contributed by atoms with Crippen molar-refractivity contribution in [2.75, 3.05) is 5.32 Å². The van der Waals surface area contributed by atoms with Crippen LogP contribution in [-0.2, 0) is 16.0 Å². The lowest BCUT2D eigenvalue weighted by atomic mass is 9.86. The highest BCUT2D eigenvalue weighted by molar-refractivity contribution is 6.39. The zero-order valence-corrected chi connectivity index (χ0v) is 12.8. The van der Waals surface area contributed by atoms with Gasteiger partial charge in [-0.05, 0) is 36.8 Å². The van der Waals surface area contributed by atoms with Crippen LogP contribution < -0.4 is 10.6 Å². The molecule has 0 aromatic heterocycles. The predicted octanol–water partition coefficient (Wildman–Crippen LogP) is 2.88. The molecule has 0 radical (unpaired) electrons. The van der Waals surface area contributed by atoms with Gasteiger partial charge in [0.05, 0.1) is 0 Å². The molecule has 4 nitrogen and oxygen atoms in total. The van der Waals surface area contributed by atoms with Crippen molar-refractivity contribution < 1.29 is 9.59 Å². The van der Waals surface area contributed by atoms with Crippen LogP contribution in [0.1, 0.15) is 45.1 Å². The van der Waals surface area contributed by atoms with E-state index in [1.54, 1.807) is 0 Å². The number of amides is 2. The Morgan fingerprint density at radius 3 is 2.57 bits per heavy atom. The smallest absolute Gasteiger partial charge is 0.313 e. The monoisotopic (exact) mass is 288 g/mol. The van der Waals surface area contributed by atoms with Crippen molar-refractivity contribution in [1.82, 2.24) is 5.32 Å². The fraction of sp³-hybridized carbons (Fsp3) is 0.529. The number of nitrogens with one attached hydrogen (secondary N) is 2. The zero-order valence-electron chi connectivity index (χ0n) is 12.8. The maximum Gasteiger partial charge on any atom is 0.313 e. The van der Waals surface area contributed by atoms with E-state index in [1.165, 1.54) is 6.42 Å². The molecule has 0 saturated heterocycles. The zero-order chi connectivity index (χ0) is 15.2. The maximum absolute atomic E-state index is 12.0. The van der Waals surface area contributed by atoms with Gasteiger partial charge in [0, 0.05) is 11.7 Å². The highest BCUT2D eigenvalue weighted by atomic mass is 16.2. The lowest BCUT2D eigenvalue weighted by Crippen LogP contribution is -2.45. The van der Waals surface area contributed by atoms with E-state index in [4.69, 9.17) is 0 Å². The van der Waals surface area contributed by atoms with Crippen LogP contribution >= 0.6 is 0 Å². The van der Waals surface area contributed by atoms with Gasteiger partial charge in [-0.3, -0.25) is 9.59 Å². The van der Waals surface area contributed by atoms with E-state index in [1.807, 2.05) is 31.2 Å². The van der Waals surface area contributed by atoms with Crippen LogP contribution in [0.5, 0.6) is 0 Å². The van der Waals surface area contributed by atoms with Crippen molar-refractivity contribution in [3.05, 3.63) is 29.8 Å². The van der Waals surface area contributed by atoms with Crippen molar-refractivity contribution in [2.24, 2.45) is 5.92 Å². The number of hydrogen-bond acceptors (Lipinski definition) is 2. The first-order valence-electron chi connectivity index (χ1n) is 7.81. The van der Waals surface area contributed by atoms with Crippen molar-refractivity contribution in [1.29, 1.82) is 0 Å². The second kappa shape index (κ2) is 7.25. The third-order valence-electron chi connectivity index (χ3n) is 4.28. The number of anilines is 1. The molecule has 1 aliphatic carbocycles. The van der Waals surface area contributed by atoms with Crippen LogP contribution in [0.3, 0.4) is 0 Å². The molecule has 1 saturated carbocycles. The van der Waals surface area contributed by atoms with E-state index in [-0.39, 0.29) is 6.04 Å². The minimum Gasteiger partial charge on any atom is -0.345 e. The summed E-state index contributed by atoms with van der Waals surface area (Å²) in [6.45, 7) is 4.16. The van der Waals surface area contributed by atoms with Gasteiger partial charge in [-0.2, -0.15) is 0 Å². The summed E-state index contributed by atoms with van der Waals surface area (Å²) in [6, 6.07) is 7.69. The van der Waals surface area contributed by atoms with Crippen molar-refractivity contribution in [3.63, 3.8) is 0 Å². The minimum atomic E-state index is -0.575. The predicted molar refractivity (Wildman–Crippen MR) is 84.0 cm³/mol. The molecule has 114 valence electrons. The van der Waals surface area contributed by atoms with Gasteiger partial charge in [0.2, 0.25) is 0 Å². The highest BCUT2D eigenvalue weighted by Gasteiger charge is 2.25. The molecule has 1 aromatic rings. The number of hydrogen-bond donors (Lipinski definition) is 2. The number of para-hydroxylation sites is 1. The van der Waals surface area contributed by atoms with Gasteiger partial charge in [0.15, 0.2) is 0 Å². The molecule has 4 heteroatoms. The molecule has 0 bridgehead atoms. The van der Waals surface area contributed by atoms with Gasteiger partial charge in [-0.15, -0.1) is 0 Å². The first-order chi connectivity index (χ1) is 10.1. The summed E-state index contributed by atoms with van der Waals surface area (Å²) in [5.41, 5.74) is 1.75. The topological polar surface area (TPSA) is 58.2 Å². The van der Waals surface area contributed by atoms with Gasteiger partial charge in [0.1, 0.15) is 0 Å². The van der Waals surface area contributed by atoms with Crippen LogP contribution in [0, 0.1) is 5.92 Å². The number of aryl methyl sites for hydroxylation is 1. The van der Waals surface area contributed by atoms with Crippen LogP contribution in [-0.4, -0.2) is 17.9 Å². The van der Waals surface area contributed by atoms with Crippen molar-refractivity contribution in [3.8, 4) is 0 Å². The third-order valence-corrected chi connectivity index (χ3v) is 4.28. The van der Waals surface area contributed by atoms with Gasteiger partial charge in [0.25, 0.3) is 0 Å². The van der Waals surface area contributed by atoms with E-state index in [2.05, 4.69) is 17.6 Å². The maximum atomic E-state index is 12.0. The number of benzene rings is 1. The van der Waals surface area contributed by atoms with Crippen LogP contribution in [0.2, 0.25) is 0 Å². The molecule has 2 amide bonds. The lowest BCUT2D eigenvalue weighted by molar-refractivity contribution is -0.137. The van der Waals surface area contributed by atoms with Gasteiger partial charge < -0.3 is 10.6 Å². The first-order valence-corrected chi connectivity index (χ1v) is 7.81. The summed E-state index contributed by atoms with van der Waals surface area (Å²) in [4.78, 5) is 24.1. The molecule has 1 aliphatic rings. The van der Waals surface area contributed by atoms with Gasteiger partial charge >= 0.3 is 11.8 Å². The Morgan fingerprint density at radius 1 is 1.14 bits per heavy atom. The average molecular weight is 288 g/mol. The molecular weight excluding hydrogens is 264 g/mol. The van der Waals surface area contributed by atoms with E-state index in [0.717, 1.165) is 36.9 Å². The Morgan fingerprint density at radius 2 is 1.86 bits per heavy atom. The molecule has 0 heterocycles. The Balaban J connectivity index is 1.94. The summed E-state index contributed by atoms with van der Waals surface area (Å²) < 4.78 is 0. The standard InChI is InChI=1S/C17H24N2O2/c1-3-13-9-5-7-11-15(13)19-17(21)16(20)18-14-10-6-4-8-12(14)2/h5,7,9,11-12,14H,3-4,6,8,10H2,1-2H3,(H,18,20)(H,19,21)/t12-,14-/m1/s1. The van der Waals surface area contributed by atoms with Crippen LogP contribution in [0.25, 0.3) is 0 Å². The average Bonchev–Trinajstić information content (AvgIpc) is 2.50. The van der Waals surface area contributed by atoms with Crippen LogP contribution in [0.4, 0.5) is 5.69 Å². The molecule has 2 rings (SSSR count). The molecule has 0 unspecified atom stereocenters. The van der Waals surface area contributed by atoms with E-state index in [0.29, 0.717) is 5.92 Å². The van der Waals surface area contributed by atoms with Crippen LogP contribution in [0.15, 0.2) is 24.3 Å². The van der Waals surface area contributed by atoms with Gasteiger partial charge in [-0.1, -0.05) is 44.9 Å². The second-order valence-corrected chi connectivity index (χ2v) is 5.81. The van der Waals surface area contributed by atoms with E-state index in [9.17, 15) is 9.59 Å². The summed E-state index contributed by atoms with van der Waals surface area (Å²) in [6.07, 6.45) is 5.23. The number of carbonyl (C=O) groups is 2. The summed E-state index contributed by atoms with van der Waals surface area (Å²) in [7, 11) is 0. The van der Waals surface area contributed by atoms with E-state index < -0.39 is 11.8 Å². The molecule has 1 aromatic carbocycles. The number of carbonyl (C=O) groups excluding carboxylic acids is 2. The summed E-state index contributed by atoms with van der Waals surface area (Å²) >= 11 is 0. The first kappa shape index (κ1) is 15.5. The SMILES string of the molecule is CCc1ccccc1NC(=O)C(=O)N[C@@H]1CCCC[C@H]1C. The molecule has 0 spiro atoms. The van der Waals surface area contributed by atoms with Crippen molar-refractivity contribution >= 4 is 17.5 Å². The largest absolute Gasteiger partial charge is 0.345 e. The highest BCUT2D eigenvalue weighted by Crippen LogP contribution is 2.23. The quantitative estimate of drug-likeness (QED) is 0.840. The normalized spacial score (nSPS) is 21.6. The third kappa shape index (κ3) is 4.06. The minimum absolute atomic E-state index is 0.124. The fourth-order valence-electron chi connectivity index (χ4n) is 2.89. The molecule has 0 aliphatic heterocycles. The fourth-order valence-corrected chi connectivity index (χ4v) is 2.89. The second-order valence-electron chi connectivity index (χ2n) is 5.81.